The van der Waals surface area contributed by atoms with Crippen molar-refractivity contribution in [3.05, 3.63) is 52.8 Å². The highest BCUT2D eigenvalue weighted by molar-refractivity contribution is 7.91. The number of sulfone groups is 1. The molecule has 1 aliphatic rings. The largest absolute Gasteiger partial charge is 0.403 e. The third kappa shape index (κ3) is 4.97. The Morgan fingerprint density at radius 2 is 2.00 bits per heavy atom. The fraction of sp³-hybridized carbons (Fsp3) is 0.273. The van der Waals surface area contributed by atoms with Crippen LogP contribution in [0.1, 0.15) is 19.4 Å². The summed E-state index contributed by atoms with van der Waals surface area (Å²) in [5.41, 5.74) is 5.22. The summed E-state index contributed by atoms with van der Waals surface area (Å²) in [4.78, 5) is 13.9. The molecule has 0 fully saturated rings. The normalized spacial score (nSPS) is 17.4. The summed E-state index contributed by atoms with van der Waals surface area (Å²) in [6.07, 6.45) is 0. The van der Waals surface area contributed by atoms with Gasteiger partial charge in [0.15, 0.2) is 9.84 Å². The molecule has 0 spiro atoms. The van der Waals surface area contributed by atoms with Crippen LogP contribution in [0.2, 0.25) is 5.02 Å². The van der Waals surface area contributed by atoms with Crippen molar-refractivity contribution in [1.82, 2.24) is 10.2 Å². The number of halogens is 2. The summed E-state index contributed by atoms with van der Waals surface area (Å²) in [7, 11) is -4.10. The molecule has 13 heteroatoms. The second-order valence-electron chi connectivity index (χ2n) is 8.51. The van der Waals surface area contributed by atoms with Crippen molar-refractivity contribution in [3.63, 3.8) is 0 Å². The monoisotopic (exact) mass is 518 g/mol. The van der Waals surface area contributed by atoms with Gasteiger partial charge in [0.05, 0.1) is 40.6 Å². The molecule has 0 aliphatic carbocycles. The standard InChI is InChI=1S/C22H20ClFN6O4S/c1-22(2,11-25)27-21-29-28-19(34-21)14-7-17-18(8-15(14)24)35(32,33)10-16(26)20(31)30(17)9-12-3-5-13(23)6-4-12/h3-8,16H,9-10,26H2,1-2H3,(H,27,29)/t16-/m0/s1. The second-order valence-corrected chi connectivity index (χ2v) is 11.0. The van der Waals surface area contributed by atoms with Crippen molar-refractivity contribution in [1.29, 1.82) is 5.26 Å². The zero-order chi connectivity index (χ0) is 25.5. The zero-order valence-corrected chi connectivity index (χ0v) is 20.2. The van der Waals surface area contributed by atoms with Gasteiger partial charge in [-0.05, 0) is 43.7 Å². The van der Waals surface area contributed by atoms with Gasteiger partial charge in [0, 0.05) is 5.02 Å². The first kappa shape index (κ1) is 24.6. The van der Waals surface area contributed by atoms with E-state index in [1.807, 2.05) is 6.07 Å². The van der Waals surface area contributed by atoms with E-state index >= 15 is 4.39 Å². The second kappa shape index (κ2) is 8.92. The third-order valence-electron chi connectivity index (χ3n) is 5.26. The van der Waals surface area contributed by atoms with Crippen LogP contribution < -0.4 is 16.0 Å². The van der Waals surface area contributed by atoms with Gasteiger partial charge in [-0.1, -0.05) is 28.8 Å². The van der Waals surface area contributed by atoms with Crippen LogP contribution in [0.15, 0.2) is 45.7 Å². The van der Waals surface area contributed by atoms with E-state index in [0.717, 1.165) is 6.07 Å². The summed E-state index contributed by atoms with van der Waals surface area (Å²) in [5, 5.41) is 19.9. The number of nitrogens with two attached hydrogens (primary N) is 1. The number of aromatic nitrogens is 2. The van der Waals surface area contributed by atoms with E-state index in [0.29, 0.717) is 10.6 Å². The molecular formula is C22H20ClFN6O4S. The van der Waals surface area contributed by atoms with E-state index in [-0.39, 0.29) is 34.6 Å². The number of carbonyl (C=O) groups is 1. The highest BCUT2D eigenvalue weighted by Gasteiger charge is 2.37. The maximum atomic E-state index is 15.1. The van der Waals surface area contributed by atoms with E-state index in [4.69, 9.17) is 27.0 Å². The number of carbonyl (C=O) groups excluding carboxylic acids is 1. The van der Waals surface area contributed by atoms with E-state index in [1.165, 1.54) is 11.0 Å². The number of rotatable bonds is 5. The van der Waals surface area contributed by atoms with Gasteiger partial charge in [-0.15, -0.1) is 5.10 Å². The molecule has 4 rings (SSSR count). The number of benzene rings is 2. The maximum Gasteiger partial charge on any atom is 0.317 e. The van der Waals surface area contributed by atoms with Crippen LogP contribution in [0.25, 0.3) is 11.5 Å². The SMILES string of the molecule is CC(C)(C#N)Nc1nnc(-c2cc3c(cc2F)S(=O)(=O)C[C@H](N)C(=O)N3Cc2ccc(Cl)cc2)o1. The van der Waals surface area contributed by atoms with Gasteiger partial charge in [0.1, 0.15) is 11.4 Å². The Morgan fingerprint density at radius 3 is 2.66 bits per heavy atom. The number of hydrogen-bond donors (Lipinski definition) is 2. The number of hydrogen-bond acceptors (Lipinski definition) is 9. The topological polar surface area (TPSA) is 155 Å². The number of anilines is 2. The molecule has 3 N–H and O–H groups in total. The molecule has 3 aromatic rings. The summed E-state index contributed by atoms with van der Waals surface area (Å²) in [5.74, 6) is -2.54. The molecule has 35 heavy (non-hydrogen) atoms. The van der Waals surface area contributed by atoms with Crippen molar-refractivity contribution in [2.75, 3.05) is 16.0 Å². The van der Waals surface area contributed by atoms with Gasteiger partial charge in [-0.25, -0.2) is 12.8 Å². The molecule has 1 amide bonds. The van der Waals surface area contributed by atoms with Crippen molar-refractivity contribution < 1.29 is 22.0 Å². The lowest BCUT2D eigenvalue weighted by molar-refractivity contribution is -0.119. The average Bonchev–Trinajstić information content (AvgIpc) is 3.23. The minimum atomic E-state index is -4.10. The highest BCUT2D eigenvalue weighted by Crippen LogP contribution is 2.37. The highest BCUT2D eigenvalue weighted by atomic mass is 35.5. The van der Waals surface area contributed by atoms with Crippen molar-refractivity contribution in [2.45, 2.75) is 36.9 Å². The van der Waals surface area contributed by atoms with E-state index in [2.05, 4.69) is 15.5 Å². The number of amides is 1. The number of nitrogens with one attached hydrogen (secondary N) is 1. The Bertz CT molecular complexity index is 1450. The molecule has 2 heterocycles. The van der Waals surface area contributed by atoms with Crippen LogP contribution in [-0.2, 0) is 21.2 Å². The Kier molecular flexibility index (Phi) is 6.27. The molecule has 182 valence electrons. The fourth-order valence-corrected chi connectivity index (χ4v) is 5.19. The maximum absolute atomic E-state index is 15.1. The van der Waals surface area contributed by atoms with Gasteiger partial charge >= 0.3 is 6.01 Å². The quantitative estimate of drug-likeness (QED) is 0.518. The van der Waals surface area contributed by atoms with Crippen LogP contribution >= 0.6 is 11.6 Å². The Morgan fingerprint density at radius 1 is 1.31 bits per heavy atom. The molecule has 10 nitrogen and oxygen atoms in total. The lowest BCUT2D eigenvalue weighted by atomic mass is 10.1. The fourth-order valence-electron chi connectivity index (χ4n) is 3.50. The van der Waals surface area contributed by atoms with Crippen molar-refractivity contribution in [3.8, 4) is 17.5 Å². The lowest BCUT2D eigenvalue weighted by Crippen LogP contribution is -2.45. The summed E-state index contributed by atoms with van der Waals surface area (Å²) in [6.45, 7) is 3.12. The minimum absolute atomic E-state index is 0.0374. The molecule has 0 bridgehead atoms. The molecular weight excluding hydrogens is 499 g/mol. The van der Waals surface area contributed by atoms with Crippen LogP contribution in [0, 0.1) is 17.1 Å². The summed E-state index contributed by atoms with van der Waals surface area (Å²) in [6, 6.07) is 9.12. The zero-order valence-electron chi connectivity index (χ0n) is 18.6. The first-order valence-electron chi connectivity index (χ1n) is 10.3. The van der Waals surface area contributed by atoms with E-state index in [1.54, 1.807) is 38.1 Å². The molecule has 1 aliphatic heterocycles. The smallest absolute Gasteiger partial charge is 0.317 e. The van der Waals surface area contributed by atoms with Gasteiger partial charge in [0.2, 0.25) is 5.91 Å². The molecule has 2 aromatic carbocycles. The third-order valence-corrected chi connectivity index (χ3v) is 7.31. The van der Waals surface area contributed by atoms with Gasteiger partial charge in [-0.2, -0.15) is 5.26 Å². The Balaban J connectivity index is 1.84. The number of nitriles is 1. The van der Waals surface area contributed by atoms with Gasteiger partial charge in [-0.3, -0.25) is 4.79 Å². The molecule has 0 saturated carbocycles. The van der Waals surface area contributed by atoms with Gasteiger partial charge < -0.3 is 20.4 Å². The minimum Gasteiger partial charge on any atom is -0.403 e. The van der Waals surface area contributed by atoms with E-state index in [9.17, 15) is 13.2 Å². The average molecular weight is 519 g/mol. The van der Waals surface area contributed by atoms with Crippen LogP contribution in [0.4, 0.5) is 16.1 Å². The molecule has 0 saturated heterocycles. The first-order chi connectivity index (χ1) is 16.4. The van der Waals surface area contributed by atoms with Crippen molar-refractivity contribution >= 4 is 39.0 Å². The van der Waals surface area contributed by atoms with Crippen LogP contribution in [0.5, 0.6) is 0 Å². The van der Waals surface area contributed by atoms with Crippen LogP contribution in [-0.4, -0.2) is 41.9 Å². The molecule has 1 atom stereocenters. The molecule has 1 aromatic heterocycles. The lowest BCUT2D eigenvalue weighted by Gasteiger charge is -2.24. The predicted molar refractivity (Wildman–Crippen MR) is 126 cm³/mol. The van der Waals surface area contributed by atoms with Gasteiger partial charge in [0.25, 0.3) is 5.89 Å². The predicted octanol–water partition coefficient (Wildman–Crippen LogP) is 2.89. The molecule has 0 radical (unpaired) electrons. The Labute approximate surface area is 205 Å². The molecule has 0 unspecified atom stereocenters. The summed E-state index contributed by atoms with van der Waals surface area (Å²) >= 11 is 5.94. The number of nitrogens with zero attached hydrogens (tertiary/aromatic N) is 4. The van der Waals surface area contributed by atoms with Crippen molar-refractivity contribution in [2.24, 2.45) is 5.73 Å². The Hall–Kier alpha value is -3.53. The van der Waals surface area contributed by atoms with Crippen LogP contribution in [0.3, 0.4) is 0 Å². The van der Waals surface area contributed by atoms with E-state index < -0.39 is 38.9 Å². The summed E-state index contributed by atoms with van der Waals surface area (Å²) < 4.78 is 46.5. The first-order valence-corrected chi connectivity index (χ1v) is 12.3. The number of fused-ring (bicyclic) bond motifs is 1.